The van der Waals surface area contributed by atoms with Gasteiger partial charge in [0.05, 0.1) is 12.0 Å². The van der Waals surface area contributed by atoms with Gasteiger partial charge in [0.1, 0.15) is 0 Å². The van der Waals surface area contributed by atoms with E-state index in [1.54, 1.807) is 7.11 Å². The van der Waals surface area contributed by atoms with Crippen molar-refractivity contribution in [2.75, 3.05) is 54.5 Å². The molecule has 0 saturated heterocycles. The van der Waals surface area contributed by atoms with Gasteiger partial charge in [-0.05, 0) is 21.1 Å². The van der Waals surface area contributed by atoms with Crippen molar-refractivity contribution in [1.29, 1.82) is 0 Å². The van der Waals surface area contributed by atoms with Gasteiger partial charge < -0.3 is 14.5 Å². The van der Waals surface area contributed by atoms with Gasteiger partial charge in [-0.15, -0.1) is 11.6 Å². The first-order valence-electron chi connectivity index (χ1n) is 4.52. The summed E-state index contributed by atoms with van der Waals surface area (Å²) in [6.07, 6.45) is 0. The highest BCUT2D eigenvalue weighted by molar-refractivity contribution is 6.20. The summed E-state index contributed by atoms with van der Waals surface area (Å²) in [6, 6.07) is 0. The molecule has 0 aliphatic carbocycles. The molecule has 0 aromatic rings. The van der Waals surface area contributed by atoms with Crippen molar-refractivity contribution in [3.63, 3.8) is 0 Å². The molecule has 1 unspecified atom stereocenters. The lowest BCUT2D eigenvalue weighted by Gasteiger charge is -2.21. The van der Waals surface area contributed by atoms with Gasteiger partial charge in [-0.25, -0.2) is 0 Å². The monoisotopic (exact) mass is 208 g/mol. The summed E-state index contributed by atoms with van der Waals surface area (Å²) >= 11 is 6.01. The molecule has 0 rings (SSSR count). The van der Waals surface area contributed by atoms with Crippen molar-refractivity contribution in [2.45, 2.75) is 5.38 Å². The molecule has 0 aromatic carbocycles. The Kier molecular flexibility index (Phi) is 7.66. The predicted molar refractivity (Wildman–Crippen MR) is 57.6 cm³/mol. The largest absolute Gasteiger partial charge is 0.383 e. The van der Waals surface area contributed by atoms with E-state index in [0.717, 1.165) is 19.6 Å². The number of halogens is 1. The Hall–Kier alpha value is 0.170. The Morgan fingerprint density at radius 2 is 1.85 bits per heavy atom. The molecular weight excluding hydrogens is 188 g/mol. The first-order valence-corrected chi connectivity index (χ1v) is 4.96. The normalized spacial score (nSPS) is 14.1. The molecule has 1 atom stereocenters. The van der Waals surface area contributed by atoms with Gasteiger partial charge in [-0.1, -0.05) is 0 Å². The third-order valence-electron chi connectivity index (χ3n) is 1.79. The van der Waals surface area contributed by atoms with Gasteiger partial charge in [0.25, 0.3) is 0 Å². The van der Waals surface area contributed by atoms with Crippen LogP contribution in [0.1, 0.15) is 0 Å². The fourth-order valence-electron chi connectivity index (χ4n) is 1.03. The topological polar surface area (TPSA) is 15.7 Å². The molecule has 0 heterocycles. The number of methoxy groups -OCH3 is 1. The number of likely N-dealkylation sites (N-methyl/N-ethyl adjacent to an activating group) is 2. The van der Waals surface area contributed by atoms with Crippen molar-refractivity contribution in [3.8, 4) is 0 Å². The van der Waals surface area contributed by atoms with Crippen LogP contribution >= 0.6 is 11.6 Å². The molecule has 0 fully saturated rings. The SMILES string of the molecule is COCC(Cl)CN(C)CCN(C)C. The Labute approximate surface area is 86.6 Å². The Balaban J connectivity index is 3.43. The van der Waals surface area contributed by atoms with Crippen LogP contribution in [0.3, 0.4) is 0 Å². The van der Waals surface area contributed by atoms with E-state index in [4.69, 9.17) is 16.3 Å². The minimum absolute atomic E-state index is 0.0946. The van der Waals surface area contributed by atoms with Crippen molar-refractivity contribution < 1.29 is 4.74 Å². The lowest BCUT2D eigenvalue weighted by Crippen LogP contribution is -2.34. The molecule has 3 nitrogen and oxygen atoms in total. The summed E-state index contributed by atoms with van der Waals surface area (Å²) in [5.74, 6) is 0. The van der Waals surface area contributed by atoms with Gasteiger partial charge >= 0.3 is 0 Å². The fraction of sp³-hybridized carbons (Fsp3) is 1.00. The fourth-order valence-corrected chi connectivity index (χ4v) is 1.40. The summed E-state index contributed by atoms with van der Waals surface area (Å²) in [5.41, 5.74) is 0. The van der Waals surface area contributed by atoms with E-state index in [9.17, 15) is 0 Å². The third kappa shape index (κ3) is 8.50. The van der Waals surface area contributed by atoms with Crippen LogP contribution in [0.5, 0.6) is 0 Å². The summed E-state index contributed by atoms with van der Waals surface area (Å²) in [4.78, 5) is 4.38. The van der Waals surface area contributed by atoms with Gasteiger partial charge in [-0.3, -0.25) is 0 Å². The average Bonchev–Trinajstić information content (AvgIpc) is 2.01. The molecule has 0 spiro atoms. The zero-order chi connectivity index (χ0) is 10.3. The van der Waals surface area contributed by atoms with E-state index in [1.165, 1.54) is 0 Å². The van der Waals surface area contributed by atoms with Gasteiger partial charge in [0.15, 0.2) is 0 Å². The summed E-state index contributed by atoms with van der Waals surface area (Å²) in [6.45, 7) is 3.60. The van der Waals surface area contributed by atoms with E-state index < -0.39 is 0 Å². The van der Waals surface area contributed by atoms with Crippen LogP contribution in [0.4, 0.5) is 0 Å². The Morgan fingerprint density at radius 1 is 1.23 bits per heavy atom. The van der Waals surface area contributed by atoms with Crippen molar-refractivity contribution in [3.05, 3.63) is 0 Å². The van der Waals surface area contributed by atoms with E-state index in [0.29, 0.717) is 6.61 Å². The Morgan fingerprint density at radius 3 is 2.31 bits per heavy atom. The minimum atomic E-state index is 0.0946. The molecule has 0 radical (unpaired) electrons. The molecule has 0 N–H and O–H groups in total. The van der Waals surface area contributed by atoms with Crippen LogP contribution in [-0.4, -0.2) is 69.7 Å². The van der Waals surface area contributed by atoms with Crippen LogP contribution in [0, 0.1) is 0 Å². The molecule has 80 valence electrons. The van der Waals surface area contributed by atoms with Crippen LogP contribution in [0.15, 0.2) is 0 Å². The maximum atomic E-state index is 6.01. The maximum absolute atomic E-state index is 6.01. The number of hydrogen-bond acceptors (Lipinski definition) is 3. The quantitative estimate of drug-likeness (QED) is 0.574. The second-order valence-corrected chi connectivity index (χ2v) is 4.24. The van der Waals surface area contributed by atoms with Crippen LogP contribution in [0.25, 0.3) is 0 Å². The molecule has 0 aliphatic heterocycles. The molecule has 4 heteroatoms. The number of ether oxygens (including phenoxy) is 1. The molecule has 0 bridgehead atoms. The molecular formula is C9H21ClN2O. The predicted octanol–water partition coefficient (Wildman–Crippen LogP) is 0.734. The van der Waals surface area contributed by atoms with Crippen molar-refractivity contribution in [1.82, 2.24) is 9.80 Å². The van der Waals surface area contributed by atoms with E-state index in [1.807, 2.05) is 0 Å². The van der Waals surface area contributed by atoms with Crippen molar-refractivity contribution in [2.24, 2.45) is 0 Å². The number of rotatable bonds is 7. The van der Waals surface area contributed by atoms with Gasteiger partial charge in [0, 0.05) is 26.7 Å². The zero-order valence-electron chi connectivity index (χ0n) is 9.09. The highest BCUT2D eigenvalue weighted by Gasteiger charge is 2.07. The second-order valence-electron chi connectivity index (χ2n) is 3.62. The summed E-state index contributed by atoms with van der Waals surface area (Å²) < 4.78 is 4.96. The standard InChI is InChI=1S/C9H21ClN2O/c1-11(2)5-6-12(3)7-9(10)8-13-4/h9H,5-8H2,1-4H3. The lowest BCUT2D eigenvalue weighted by atomic mass is 10.4. The highest BCUT2D eigenvalue weighted by atomic mass is 35.5. The highest BCUT2D eigenvalue weighted by Crippen LogP contribution is 1.98. The van der Waals surface area contributed by atoms with Gasteiger partial charge in [-0.2, -0.15) is 0 Å². The van der Waals surface area contributed by atoms with E-state index in [2.05, 4.69) is 30.9 Å². The van der Waals surface area contributed by atoms with Crippen molar-refractivity contribution >= 4 is 11.6 Å². The molecule has 0 saturated carbocycles. The molecule has 0 amide bonds. The second kappa shape index (κ2) is 7.56. The van der Waals surface area contributed by atoms with Gasteiger partial charge in [0.2, 0.25) is 0 Å². The minimum Gasteiger partial charge on any atom is -0.383 e. The smallest absolute Gasteiger partial charge is 0.0696 e. The number of hydrogen-bond donors (Lipinski definition) is 0. The lowest BCUT2D eigenvalue weighted by molar-refractivity contribution is 0.180. The number of nitrogens with zero attached hydrogens (tertiary/aromatic N) is 2. The maximum Gasteiger partial charge on any atom is 0.0696 e. The summed E-state index contributed by atoms with van der Waals surface area (Å²) in [5, 5.41) is 0.0946. The van der Waals surface area contributed by atoms with E-state index in [-0.39, 0.29) is 5.38 Å². The van der Waals surface area contributed by atoms with Crippen LogP contribution in [-0.2, 0) is 4.74 Å². The average molecular weight is 209 g/mol. The first-order chi connectivity index (χ1) is 6.06. The third-order valence-corrected chi connectivity index (χ3v) is 2.05. The zero-order valence-corrected chi connectivity index (χ0v) is 9.84. The molecule has 0 aliphatic rings. The number of alkyl halides is 1. The van der Waals surface area contributed by atoms with Crippen LogP contribution < -0.4 is 0 Å². The Bertz CT molecular complexity index is 122. The van der Waals surface area contributed by atoms with Crippen LogP contribution in [0.2, 0.25) is 0 Å². The van der Waals surface area contributed by atoms with E-state index >= 15 is 0 Å². The molecule has 13 heavy (non-hydrogen) atoms. The summed E-state index contributed by atoms with van der Waals surface area (Å²) in [7, 11) is 7.89. The molecule has 0 aromatic heterocycles. The first kappa shape index (κ1) is 13.2.